The molecule has 3 atom stereocenters. The standard InChI is InChI=1S/C13H24O2S2/c1-2-16-7-4-12(14)11-3-6-15-13(9-11)5-8-17-10-13/h11-12,14H,2-10H2,1H3. The molecule has 0 radical (unpaired) electrons. The molecule has 1 N–H and O–H groups in total. The first kappa shape index (κ1) is 14.0. The molecule has 2 aliphatic rings. The molecule has 0 aromatic heterocycles. The van der Waals surface area contributed by atoms with Gasteiger partial charge in [-0.05, 0) is 48.9 Å². The van der Waals surface area contributed by atoms with Gasteiger partial charge >= 0.3 is 0 Å². The van der Waals surface area contributed by atoms with E-state index in [0.29, 0.717) is 5.92 Å². The highest BCUT2D eigenvalue weighted by atomic mass is 32.2. The molecule has 17 heavy (non-hydrogen) atoms. The van der Waals surface area contributed by atoms with Crippen LogP contribution in [0.4, 0.5) is 0 Å². The van der Waals surface area contributed by atoms with E-state index in [0.717, 1.165) is 43.1 Å². The van der Waals surface area contributed by atoms with Crippen LogP contribution < -0.4 is 0 Å². The second kappa shape index (κ2) is 6.69. The van der Waals surface area contributed by atoms with Crippen LogP contribution in [0.25, 0.3) is 0 Å². The quantitative estimate of drug-likeness (QED) is 0.782. The predicted octanol–water partition coefficient (Wildman–Crippen LogP) is 2.79. The summed E-state index contributed by atoms with van der Waals surface area (Å²) in [7, 11) is 0. The van der Waals surface area contributed by atoms with Gasteiger partial charge in [-0.3, -0.25) is 0 Å². The molecule has 2 fully saturated rings. The maximum Gasteiger partial charge on any atom is 0.0783 e. The number of ether oxygens (including phenoxy) is 1. The summed E-state index contributed by atoms with van der Waals surface area (Å²) in [6, 6.07) is 0. The Morgan fingerprint density at radius 2 is 2.47 bits per heavy atom. The van der Waals surface area contributed by atoms with Crippen LogP contribution in [0.15, 0.2) is 0 Å². The lowest BCUT2D eigenvalue weighted by molar-refractivity contribution is -0.101. The summed E-state index contributed by atoms with van der Waals surface area (Å²) in [6.45, 7) is 3.03. The van der Waals surface area contributed by atoms with Gasteiger partial charge < -0.3 is 9.84 Å². The van der Waals surface area contributed by atoms with E-state index in [1.165, 1.54) is 12.2 Å². The lowest BCUT2D eigenvalue weighted by atomic mass is 9.81. The van der Waals surface area contributed by atoms with Crippen molar-refractivity contribution in [2.75, 3.05) is 29.6 Å². The van der Waals surface area contributed by atoms with Crippen molar-refractivity contribution in [1.29, 1.82) is 0 Å². The highest BCUT2D eigenvalue weighted by Gasteiger charge is 2.41. The van der Waals surface area contributed by atoms with Gasteiger partial charge in [-0.25, -0.2) is 0 Å². The smallest absolute Gasteiger partial charge is 0.0783 e. The van der Waals surface area contributed by atoms with Gasteiger partial charge in [-0.15, -0.1) is 0 Å². The molecule has 2 rings (SSSR count). The summed E-state index contributed by atoms with van der Waals surface area (Å²) in [5.74, 6) is 5.09. The van der Waals surface area contributed by atoms with Gasteiger partial charge in [-0.1, -0.05) is 6.92 Å². The highest BCUT2D eigenvalue weighted by molar-refractivity contribution is 7.99. The van der Waals surface area contributed by atoms with E-state index in [1.807, 2.05) is 23.5 Å². The molecular weight excluding hydrogens is 252 g/mol. The number of aliphatic hydroxyl groups excluding tert-OH is 1. The predicted molar refractivity (Wildman–Crippen MR) is 77.0 cm³/mol. The van der Waals surface area contributed by atoms with Crippen LogP contribution in [0.3, 0.4) is 0 Å². The summed E-state index contributed by atoms with van der Waals surface area (Å²) >= 11 is 3.93. The minimum Gasteiger partial charge on any atom is -0.393 e. The van der Waals surface area contributed by atoms with E-state index < -0.39 is 0 Å². The van der Waals surface area contributed by atoms with E-state index in [-0.39, 0.29) is 11.7 Å². The van der Waals surface area contributed by atoms with Crippen LogP contribution in [0, 0.1) is 5.92 Å². The zero-order chi connectivity index (χ0) is 12.1. The Morgan fingerprint density at radius 3 is 3.18 bits per heavy atom. The van der Waals surface area contributed by atoms with Gasteiger partial charge in [0.15, 0.2) is 0 Å². The molecule has 0 bridgehead atoms. The van der Waals surface area contributed by atoms with Crippen molar-refractivity contribution in [2.24, 2.45) is 5.92 Å². The first-order chi connectivity index (χ1) is 8.26. The second-order valence-electron chi connectivity index (χ2n) is 5.14. The van der Waals surface area contributed by atoms with Crippen molar-refractivity contribution in [3.8, 4) is 0 Å². The molecule has 3 unspecified atom stereocenters. The zero-order valence-corrected chi connectivity index (χ0v) is 12.3. The van der Waals surface area contributed by atoms with Gasteiger partial charge in [-0.2, -0.15) is 23.5 Å². The van der Waals surface area contributed by atoms with E-state index in [4.69, 9.17) is 4.74 Å². The summed E-state index contributed by atoms with van der Waals surface area (Å²) in [4.78, 5) is 0. The van der Waals surface area contributed by atoms with Crippen LogP contribution in [0.5, 0.6) is 0 Å². The molecule has 1 spiro atoms. The minimum atomic E-state index is -0.111. The maximum absolute atomic E-state index is 10.3. The normalized spacial score (nSPS) is 35.3. The minimum absolute atomic E-state index is 0.111. The number of hydrogen-bond acceptors (Lipinski definition) is 4. The second-order valence-corrected chi connectivity index (χ2v) is 7.64. The largest absolute Gasteiger partial charge is 0.393 e. The molecule has 0 aliphatic carbocycles. The molecule has 4 heteroatoms. The first-order valence-electron chi connectivity index (χ1n) is 6.73. The third-order valence-corrected chi connectivity index (χ3v) is 6.06. The number of aliphatic hydroxyl groups is 1. The summed E-state index contributed by atoms with van der Waals surface area (Å²) in [5.41, 5.74) is 0.118. The molecule has 0 amide bonds. The van der Waals surface area contributed by atoms with Crippen LogP contribution >= 0.6 is 23.5 Å². The fraction of sp³-hybridized carbons (Fsp3) is 1.00. The van der Waals surface area contributed by atoms with Gasteiger partial charge in [0.2, 0.25) is 0 Å². The Bertz CT molecular complexity index is 229. The molecule has 2 heterocycles. The van der Waals surface area contributed by atoms with Crippen LogP contribution in [-0.4, -0.2) is 46.4 Å². The van der Waals surface area contributed by atoms with Gasteiger partial charge in [0, 0.05) is 12.4 Å². The molecule has 0 aromatic rings. The summed E-state index contributed by atoms with van der Waals surface area (Å²) in [6.07, 6.45) is 4.15. The Balaban J connectivity index is 1.79. The molecule has 2 nitrogen and oxygen atoms in total. The Morgan fingerprint density at radius 1 is 1.59 bits per heavy atom. The Labute approximate surface area is 113 Å². The van der Waals surface area contributed by atoms with Crippen molar-refractivity contribution in [1.82, 2.24) is 0 Å². The average Bonchev–Trinajstić information content (AvgIpc) is 2.77. The number of hydrogen-bond donors (Lipinski definition) is 1. The van der Waals surface area contributed by atoms with E-state index in [1.54, 1.807) is 0 Å². The molecule has 0 saturated carbocycles. The topological polar surface area (TPSA) is 29.5 Å². The van der Waals surface area contributed by atoms with Crippen LogP contribution in [0.1, 0.15) is 32.6 Å². The summed E-state index contributed by atoms with van der Waals surface area (Å²) < 4.78 is 6.00. The fourth-order valence-electron chi connectivity index (χ4n) is 2.84. The average molecular weight is 276 g/mol. The maximum atomic E-state index is 10.3. The number of thioether (sulfide) groups is 2. The first-order valence-corrected chi connectivity index (χ1v) is 9.04. The molecule has 100 valence electrons. The number of rotatable bonds is 5. The Hall–Kier alpha value is 0.620. The van der Waals surface area contributed by atoms with E-state index >= 15 is 0 Å². The molecular formula is C13H24O2S2. The van der Waals surface area contributed by atoms with Gasteiger partial charge in [0.25, 0.3) is 0 Å². The Kier molecular flexibility index (Phi) is 5.52. The lowest BCUT2D eigenvalue weighted by Gasteiger charge is -2.39. The zero-order valence-electron chi connectivity index (χ0n) is 10.7. The summed E-state index contributed by atoms with van der Waals surface area (Å²) in [5, 5.41) is 10.3. The fourth-order valence-corrected chi connectivity index (χ4v) is 4.92. The molecule has 2 saturated heterocycles. The van der Waals surface area contributed by atoms with Crippen molar-refractivity contribution >= 4 is 23.5 Å². The van der Waals surface area contributed by atoms with Crippen molar-refractivity contribution < 1.29 is 9.84 Å². The molecule has 0 aromatic carbocycles. The monoisotopic (exact) mass is 276 g/mol. The van der Waals surface area contributed by atoms with Gasteiger partial charge in [0.05, 0.1) is 11.7 Å². The molecule has 2 aliphatic heterocycles. The van der Waals surface area contributed by atoms with Crippen molar-refractivity contribution in [2.45, 2.75) is 44.3 Å². The lowest BCUT2D eigenvalue weighted by Crippen LogP contribution is -2.43. The van der Waals surface area contributed by atoms with Gasteiger partial charge in [0.1, 0.15) is 0 Å². The van der Waals surface area contributed by atoms with E-state index in [2.05, 4.69) is 6.92 Å². The third kappa shape index (κ3) is 3.79. The van der Waals surface area contributed by atoms with E-state index in [9.17, 15) is 5.11 Å². The van der Waals surface area contributed by atoms with Crippen LogP contribution in [-0.2, 0) is 4.74 Å². The van der Waals surface area contributed by atoms with Crippen LogP contribution in [0.2, 0.25) is 0 Å². The highest BCUT2D eigenvalue weighted by Crippen LogP contribution is 2.41. The third-order valence-electron chi connectivity index (χ3n) is 3.90. The van der Waals surface area contributed by atoms with Crippen molar-refractivity contribution in [3.05, 3.63) is 0 Å². The SMILES string of the molecule is CCSCCC(O)C1CCOC2(CCSC2)C1. The van der Waals surface area contributed by atoms with Crippen molar-refractivity contribution in [3.63, 3.8) is 0 Å².